The molecule has 2 N–H and O–H groups in total. The molecule has 1 aromatic carbocycles. The summed E-state index contributed by atoms with van der Waals surface area (Å²) >= 11 is 0. The number of hydrogen-bond donors (Lipinski definition) is 2. The summed E-state index contributed by atoms with van der Waals surface area (Å²) in [6.07, 6.45) is 2.47. The number of rotatable bonds is 4. The Hall–Kier alpha value is -2.31. The highest BCUT2D eigenvalue weighted by Gasteiger charge is 2.33. The summed E-state index contributed by atoms with van der Waals surface area (Å²) in [5.41, 5.74) is 0.327. The van der Waals surface area contributed by atoms with Crippen molar-refractivity contribution < 1.29 is 14.5 Å². The number of anilines is 2. The van der Waals surface area contributed by atoms with E-state index in [9.17, 15) is 14.9 Å². The van der Waals surface area contributed by atoms with Crippen LogP contribution in [0.15, 0.2) is 18.2 Å². The Morgan fingerprint density at radius 1 is 1.30 bits per heavy atom. The first-order chi connectivity index (χ1) is 12.3. The Kier molecular flexibility index (Phi) is 6.02. The summed E-state index contributed by atoms with van der Waals surface area (Å²) in [6, 6.07) is 4.85. The minimum atomic E-state index is -0.639. The molecule has 7 heteroatoms. The van der Waals surface area contributed by atoms with Gasteiger partial charge in [0.1, 0.15) is 11.3 Å². The summed E-state index contributed by atoms with van der Waals surface area (Å²) in [4.78, 5) is 23.0. The van der Waals surface area contributed by atoms with E-state index in [1.807, 2.05) is 0 Å². The molecule has 1 saturated carbocycles. The summed E-state index contributed by atoms with van der Waals surface area (Å²) < 4.78 is 5.19. The molecule has 0 heterocycles. The molecule has 150 valence electrons. The van der Waals surface area contributed by atoms with E-state index in [1.54, 1.807) is 32.9 Å². The highest BCUT2D eigenvalue weighted by molar-refractivity contribution is 5.86. The van der Waals surface area contributed by atoms with Crippen LogP contribution in [0.4, 0.5) is 21.9 Å². The van der Waals surface area contributed by atoms with Crippen LogP contribution in [0.25, 0.3) is 0 Å². The van der Waals surface area contributed by atoms with Crippen molar-refractivity contribution >= 4 is 23.2 Å². The van der Waals surface area contributed by atoms with Gasteiger partial charge < -0.3 is 10.1 Å². The second-order valence-electron chi connectivity index (χ2n) is 9.37. The number of nitrogens with one attached hydrogen (secondary N) is 2. The van der Waals surface area contributed by atoms with Crippen LogP contribution < -0.4 is 10.6 Å². The van der Waals surface area contributed by atoms with Crippen LogP contribution in [0.2, 0.25) is 0 Å². The first kappa shape index (κ1) is 21.0. The first-order valence-electron chi connectivity index (χ1n) is 9.40. The predicted octanol–water partition coefficient (Wildman–Crippen LogP) is 5.57. The number of benzene rings is 1. The molecule has 1 fully saturated rings. The monoisotopic (exact) mass is 377 g/mol. The lowest BCUT2D eigenvalue weighted by atomic mass is 9.70. The molecule has 0 spiro atoms. The number of carbonyl (C=O) groups is 1. The molecule has 0 saturated heterocycles. The molecule has 0 radical (unpaired) electrons. The van der Waals surface area contributed by atoms with Gasteiger partial charge >= 0.3 is 6.09 Å². The highest BCUT2D eigenvalue weighted by atomic mass is 16.6. The number of nitrogens with zero attached hydrogens (tertiary/aromatic N) is 1. The summed E-state index contributed by atoms with van der Waals surface area (Å²) in [5.74, 6) is 0.568. The fourth-order valence-electron chi connectivity index (χ4n) is 3.98. The first-order valence-corrected chi connectivity index (χ1v) is 9.40. The molecule has 1 aliphatic rings. The van der Waals surface area contributed by atoms with E-state index in [2.05, 4.69) is 31.4 Å². The van der Waals surface area contributed by atoms with Gasteiger partial charge in [-0.05, 0) is 63.5 Å². The minimum Gasteiger partial charge on any atom is -0.444 e. The third-order valence-corrected chi connectivity index (χ3v) is 4.59. The molecular formula is C20H31N3O4. The van der Waals surface area contributed by atoms with Gasteiger partial charge in [-0.15, -0.1) is 0 Å². The van der Waals surface area contributed by atoms with Gasteiger partial charge in [-0.3, -0.25) is 15.4 Å². The van der Waals surface area contributed by atoms with Crippen LogP contribution in [-0.4, -0.2) is 22.7 Å². The van der Waals surface area contributed by atoms with Crippen LogP contribution in [0.1, 0.15) is 60.8 Å². The summed E-state index contributed by atoms with van der Waals surface area (Å²) in [5, 5.41) is 17.4. The molecule has 1 aliphatic carbocycles. The zero-order valence-corrected chi connectivity index (χ0v) is 17.1. The molecule has 2 atom stereocenters. The average Bonchev–Trinajstić information content (AvgIpc) is 2.44. The van der Waals surface area contributed by atoms with Gasteiger partial charge in [0.15, 0.2) is 0 Å². The van der Waals surface area contributed by atoms with E-state index in [0.29, 0.717) is 17.3 Å². The molecule has 0 bridgehead atoms. The second kappa shape index (κ2) is 7.74. The summed E-state index contributed by atoms with van der Waals surface area (Å²) in [6.45, 7) is 12.0. The van der Waals surface area contributed by atoms with E-state index in [1.165, 1.54) is 6.07 Å². The fraction of sp³-hybridized carbons (Fsp3) is 0.650. The van der Waals surface area contributed by atoms with Crippen molar-refractivity contribution in [3.05, 3.63) is 28.3 Å². The van der Waals surface area contributed by atoms with E-state index in [-0.39, 0.29) is 17.1 Å². The number of hydrogen-bond acceptors (Lipinski definition) is 5. The fourth-order valence-corrected chi connectivity index (χ4v) is 3.98. The Labute approximate surface area is 161 Å². The molecule has 1 amide bonds. The molecule has 27 heavy (non-hydrogen) atoms. The number of amides is 1. The van der Waals surface area contributed by atoms with Crippen LogP contribution in [0.3, 0.4) is 0 Å². The van der Waals surface area contributed by atoms with Gasteiger partial charge in [0.25, 0.3) is 5.69 Å². The molecule has 0 aromatic heterocycles. The Bertz CT molecular complexity index is 710. The molecule has 7 nitrogen and oxygen atoms in total. The Morgan fingerprint density at radius 3 is 2.52 bits per heavy atom. The smallest absolute Gasteiger partial charge is 0.412 e. The van der Waals surface area contributed by atoms with E-state index >= 15 is 0 Å². The number of carbonyl (C=O) groups excluding carboxylic acids is 1. The molecule has 1 aromatic rings. The summed E-state index contributed by atoms with van der Waals surface area (Å²) in [7, 11) is 0. The zero-order chi connectivity index (χ0) is 20.4. The van der Waals surface area contributed by atoms with Crippen LogP contribution in [-0.2, 0) is 4.74 Å². The minimum absolute atomic E-state index is 0.0559. The lowest BCUT2D eigenvalue weighted by molar-refractivity contribution is -0.383. The van der Waals surface area contributed by atoms with Gasteiger partial charge in [-0.2, -0.15) is 0 Å². The Balaban J connectivity index is 2.16. The topological polar surface area (TPSA) is 93.5 Å². The van der Waals surface area contributed by atoms with Gasteiger partial charge in [0.2, 0.25) is 0 Å². The highest BCUT2D eigenvalue weighted by Crippen LogP contribution is 2.40. The van der Waals surface area contributed by atoms with Crippen LogP contribution >= 0.6 is 0 Å². The van der Waals surface area contributed by atoms with Crippen LogP contribution in [0.5, 0.6) is 0 Å². The maximum absolute atomic E-state index is 11.9. The lowest BCUT2D eigenvalue weighted by Crippen LogP contribution is -2.35. The third kappa shape index (κ3) is 6.41. The van der Waals surface area contributed by atoms with Gasteiger partial charge in [0.05, 0.1) is 10.6 Å². The third-order valence-electron chi connectivity index (χ3n) is 4.59. The van der Waals surface area contributed by atoms with Crippen molar-refractivity contribution in [2.24, 2.45) is 11.3 Å². The SMILES string of the molecule is C[C@H]1C[C@H](Nc2ccc(NC(=O)OC(C)(C)C)cc2[N+](=O)[O-])CC(C)(C)C1. The molecule has 0 aliphatic heterocycles. The van der Waals surface area contributed by atoms with E-state index < -0.39 is 16.6 Å². The molecular weight excluding hydrogens is 346 g/mol. The maximum Gasteiger partial charge on any atom is 0.412 e. The number of ether oxygens (including phenoxy) is 1. The van der Waals surface area contributed by atoms with Gasteiger partial charge in [-0.25, -0.2) is 4.79 Å². The van der Waals surface area contributed by atoms with Crippen molar-refractivity contribution in [3.8, 4) is 0 Å². The number of nitro benzene ring substituents is 1. The second-order valence-corrected chi connectivity index (χ2v) is 9.37. The predicted molar refractivity (Wildman–Crippen MR) is 107 cm³/mol. The maximum atomic E-state index is 11.9. The van der Waals surface area contributed by atoms with Crippen molar-refractivity contribution in [1.82, 2.24) is 0 Å². The zero-order valence-electron chi connectivity index (χ0n) is 17.1. The average molecular weight is 377 g/mol. The molecule has 2 rings (SSSR count). The van der Waals surface area contributed by atoms with Crippen molar-refractivity contribution in [3.63, 3.8) is 0 Å². The van der Waals surface area contributed by atoms with Crippen molar-refractivity contribution in [2.45, 2.75) is 72.4 Å². The van der Waals surface area contributed by atoms with Crippen molar-refractivity contribution in [2.75, 3.05) is 10.6 Å². The van der Waals surface area contributed by atoms with Gasteiger partial charge in [0, 0.05) is 12.1 Å². The van der Waals surface area contributed by atoms with Gasteiger partial charge in [-0.1, -0.05) is 20.8 Å². The van der Waals surface area contributed by atoms with Crippen LogP contribution in [0, 0.1) is 21.4 Å². The Morgan fingerprint density at radius 2 is 1.96 bits per heavy atom. The molecule has 0 unspecified atom stereocenters. The van der Waals surface area contributed by atoms with Crippen molar-refractivity contribution in [1.29, 1.82) is 0 Å². The van der Waals surface area contributed by atoms with E-state index in [0.717, 1.165) is 19.3 Å². The number of nitro groups is 1. The standard InChI is InChI=1S/C20H31N3O4/c1-13-9-15(12-20(5,6)11-13)21-16-8-7-14(10-17(16)23(25)26)22-18(24)27-19(2,3)4/h7-8,10,13,15,21H,9,11-12H2,1-6H3,(H,22,24)/t13-,15-/m0/s1. The largest absolute Gasteiger partial charge is 0.444 e. The normalized spacial score (nSPS) is 22.0. The quantitative estimate of drug-likeness (QED) is 0.528. The van der Waals surface area contributed by atoms with E-state index in [4.69, 9.17) is 4.74 Å². The lowest BCUT2D eigenvalue weighted by Gasteiger charge is -2.39.